The molecule has 136 valence electrons. The molecule has 0 bridgehead atoms. The van der Waals surface area contributed by atoms with Crippen molar-refractivity contribution in [2.24, 2.45) is 5.92 Å². The first-order valence-corrected chi connectivity index (χ1v) is 9.11. The van der Waals surface area contributed by atoms with Gasteiger partial charge >= 0.3 is 0 Å². The van der Waals surface area contributed by atoms with Crippen molar-refractivity contribution in [2.45, 2.75) is 57.3 Å². The van der Waals surface area contributed by atoms with Gasteiger partial charge in [-0.15, -0.1) is 0 Å². The fourth-order valence-electron chi connectivity index (χ4n) is 3.16. The maximum Gasteiger partial charge on any atom is 0.0791 e. The maximum atomic E-state index is 11.1. The van der Waals surface area contributed by atoms with Crippen molar-refractivity contribution >= 4 is 0 Å². The Kier molecular flexibility index (Phi) is 7.18. The second kappa shape index (κ2) is 9.14. The van der Waals surface area contributed by atoms with E-state index in [1.807, 2.05) is 74.5 Å². The van der Waals surface area contributed by atoms with Gasteiger partial charge in [0.15, 0.2) is 0 Å². The number of aliphatic hydroxyl groups excluding tert-OH is 2. The molecule has 3 heteroatoms. The average molecular weight is 342 g/mol. The Hall–Kier alpha value is -1.68. The van der Waals surface area contributed by atoms with E-state index in [1.54, 1.807) is 0 Å². The van der Waals surface area contributed by atoms with E-state index in [1.165, 1.54) is 0 Å². The fraction of sp³-hybridized carbons (Fsp3) is 0.455. The quantitative estimate of drug-likeness (QED) is 0.633. The highest BCUT2D eigenvalue weighted by Gasteiger charge is 2.32. The second-order valence-corrected chi connectivity index (χ2v) is 7.19. The van der Waals surface area contributed by atoms with Crippen LogP contribution in [0.15, 0.2) is 60.7 Å². The number of rotatable bonds is 9. The molecule has 0 fully saturated rings. The molecule has 3 N–H and O–H groups in total. The van der Waals surface area contributed by atoms with Gasteiger partial charge in [-0.1, -0.05) is 74.5 Å². The van der Waals surface area contributed by atoms with Crippen LogP contribution in [0.2, 0.25) is 0 Å². The van der Waals surface area contributed by atoms with Crippen LogP contribution in [-0.4, -0.2) is 20.9 Å². The molecular formula is C22H30O3. The minimum atomic E-state index is -0.897. The van der Waals surface area contributed by atoms with Gasteiger partial charge in [-0.3, -0.25) is 0 Å². The lowest BCUT2D eigenvalue weighted by Crippen LogP contribution is -2.36. The molecule has 0 saturated carbocycles. The molecule has 0 saturated heterocycles. The second-order valence-electron chi connectivity index (χ2n) is 7.19. The Bertz CT molecular complexity index is 560. The Morgan fingerprint density at radius 1 is 0.720 bits per heavy atom. The average Bonchev–Trinajstić information content (AvgIpc) is 2.65. The predicted molar refractivity (Wildman–Crippen MR) is 101 cm³/mol. The Labute approximate surface area is 151 Å². The van der Waals surface area contributed by atoms with Crippen molar-refractivity contribution in [3.63, 3.8) is 0 Å². The molecule has 2 aromatic rings. The number of aliphatic hydroxyl groups is 3. The van der Waals surface area contributed by atoms with E-state index >= 15 is 0 Å². The van der Waals surface area contributed by atoms with Crippen molar-refractivity contribution in [3.8, 4) is 0 Å². The van der Waals surface area contributed by atoms with Crippen LogP contribution in [0, 0.1) is 5.92 Å². The molecule has 2 unspecified atom stereocenters. The van der Waals surface area contributed by atoms with Gasteiger partial charge in [0.05, 0.1) is 17.8 Å². The van der Waals surface area contributed by atoms with Crippen LogP contribution in [0.25, 0.3) is 0 Å². The van der Waals surface area contributed by atoms with Crippen LogP contribution in [0.3, 0.4) is 0 Å². The van der Waals surface area contributed by atoms with Crippen molar-refractivity contribution in [1.29, 1.82) is 0 Å². The molecule has 0 aliphatic heterocycles. The molecular weight excluding hydrogens is 312 g/mol. The summed E-state index contributed by atoms with van der Waals surface area (Å²) in [5.74, 6) is 0.0541. The van der Waals surface area contributed by atoms with Gasteiger partial charge in [0.25, 0.3) is 0 Å². The summed E-state index contributed by atoms with van der Waals surface area (Å²) in [6.07, 6.45) is 0.848. The van der Waals surface area contributed by atoms with Crippen LogP contribution in [0.5, 0.6) is 0 Å². The normalized spacial score (nSPS) is 16.4. The third-order valence-electron chi connectivity index (χ3n) is 5.14. The van der Waals surface area contributed by atoms with Gasteiger partial charge in [0.2, 0.25) is 0 Å². The molecule has 2 aromatic carbocycles. The molecule has 0 aromatic heterocycles. The SMILES string of the molecule is CC(C)C(O)(CCC(O)c1ccccc1)CCC(O)c1ccccc1. The monoisotopic (exact) mass is 342 g/mol. The summed E-state index contributed by atoms with van der Waals surface area (Å²) in [5, 5.41) is 31.8. The Balaban J connectivity index is 1.93. The zero-order chi connectivity index (χ0) is 18.3. The number of hydrogen-bond acceptors (Lipinski definition) is 3. The zero-order valence-electron chi connectivity index (χ0n) is 15.2. The van der Waals surface area contributed by atoms with Gasteiger partial charge in [0.1, 0.15) is 0 Å². The van der Waals surface area contributed by atoms with Crippen LogP contribution in [-0.2, 0) is 0 Å². The molecule has 0 radical (unpaired) electrons. The van der Waals surface area contributed by atoms with Crippen LogP contribution < -0.4 is 0 Å². The van der Waals surface area contributed by atoms with Crippen LogP contribution in [0.1, 0.15) is 62.9 Å². The topological polar surface area (TPSA) is 60.7 Å². The van der Waals surface area contributed by atoms with E-state index in [0.29, 0.717) is 25.7 Å². The molecule has 0 spiro atoms. The number of benzene rings is 2. The summed E-state index contributed by atoms with van der Waals surface area (Å²) >= 11 is 0. The van der Waals surface area contributed by atoms with Crippen molar-refractivity contribution < 1.29 is 15.3 Å². The maximum absolute atomic E-state index is 11.1. The third-order valence-corrected chi connectivity index (χ3v) is 5.14. The highest BCUT2D eigenvalue weighted by molar-refractivity contribution is 5.18. The van der Waals surface area contributed by atoms with Crippen LogP contribution in [0.4, 0.5) is 0 Å². The van der Waals surface area contributed by atoms with E-state index in [2.05, 4.69) is 0 Å². The van der Waals surface area contributed by atoms with E-state index < -0.39 is 17.8 Å². The van der Waals surface area contributed by atoms with Gasteiger partial charge in [-0.05, 0) is 42.7 Å². The lowest BCUT2D eigenvalue weighted by Gasteiger charge is -2.34. The third kappa shape index (κ3) is 5.67. The van der Waals surface area contributed by atoms with E-state index in [9.17, 15) is 15.3 Å². The molecule has 0 aliphatic rings. The highest BCUT2D eigenvalue weighted by Crippen LogP contribution is 2.34. The highest BCUT2D eigenvalue weighted by atomic mass is 16.3. The molecule has 25 heavy (non-hydrogen) atoms. The van der Waals surface area contributed by atoms with E-state index in [0.717, 1.165) is 11.1 Å². The van der Waals surface area contributed by atoms with Crippen molar-refractivity contribution in [3.05, 3.63) is 71.8 Å². The fourth-order valence-corrected chi connectivity index (χ4v) is 3.16. The van der Waals surface area contributed by atoms with Gasteiger partial charge < -0.3 is 15.3 Å². The molecule has 2 atom stereocenters. The Morgan fingerprint density at radius 2 is 1.08 bits per heavy atom. The van der Waals surface area contributed by atoms with E-state index in [4.69, 9.17) is 0 Å². The first kappa shape index (κ1) is 19.6. The summed E-state index contributed by atoms with van der Waals surface area (Å²) in [7, 11) is 0. The summed E-state index contributed by atoms with van der Waals surface area (Å²) in [5.41, 5.74) is 0.849. The standard InChI is InChI=1S/C22H30O3/c1-17(2)22(25,15-13-20(23)18-9-5-3-6-10-18)16-14-21(24)19-11-7-4-8-12-19/h3-12,17,20-21,23-25H,13-16H2,1-2H3. The molecule has 2 rings (SSSR count). The van der Waals surface area contributed by atoms with Gasteiger partial charge in [-0.2, -0.15) is 0 Å². The molecule has 0 aliphatic carbocycles. The first-order valence-electron chi connectivity index (χ1n) is 9.11. The van der Waals surface area contributed by atoms with Crippen molar-refractivity contribution in [1.82, 2.24) is 0 Å². The molecule has 3 nitrogen and oxygen atoms in total. The lowest BCUT2D eigenvalue weighted by molar-refractivity contribution is -0.0412. The molecule has 0 heterocycles. The summed E-state index contributed by atoms with van der Waals surface area (Å²) in [4.78, 5) is 0. The number of hydrogen-bond donors (Lipinski definition) is 3. The summed E-state index contributed by atoms with van der Waals surface area (Å²) in [6, 6.07) is 19.1. The van der Waals surface area contributed by atoms with E-state index in [-0.39, 0.29) is 5.92 Å². The smallest absolute Gasteiger partial charge is 0.0791 e. The zero-order valence-corrected chi connectivity index (χ0v) is 15.2. The van der Waals surface area contributed by atoms with Gasteiger partial charge in [-0.25, -0.2) is 0 Å². The summed E-state index contributed by atoms with van der Waals surface area (Å²) < 4.78 is 0. The van der Waals surface area contributed by atoms with Crippen LogP contribution >= 0.6 is 0 Å². The largest absolute Gasteiger partial charge is 0.390 e. The first-order chi connectivity index (χ1) is 11.9. The lowest BCUT2D eigenvalue weighted by atomic mass is 9.80. The van der Waals surface area contributed by atoms with Crippen molar-refractivity contribution in [2.75, 3.05) is 0 Å². The minimum absolute atomic E-state index is 0.0541. The minimum Gasteiger partial charge on any atom is -0.390 e. The summed E-state index contributed by atoms with van der Waals surface area (Å²) in [6.45, 7) is 3.98. The molecule has 0 amide bonds. The van der Waals surface area contributed by atoms with Gasteiger partial charge in [0, 0.05) is 0 Å². The predicted octanol–water partition coefficient (Wildman–Crippen LogP) is 4.40. The Morgan fingerprint density at radius 3 is 1.40 bits per heavy atom.